The minimum Gasteiger partial charge on any atom is -0.352 e. The summed E-state index contributed by atoms with van der Waals surface area (Å²) in [6, 6.07) is 11.7. The number of anilines is 2. The largest absolute Gasteiger partial charge is 0.352 e. The third-order valence-electron chi connectivity index (χ3n) is 4.38. The molecule has 4 amide bonds. The summed E-state index contributed by atoms with van der Waals surface area (Å²) in [6.07, 6.45) is 1.87. The lowest BCUT2D eigenvalue weighted by Gasteiger charge is -2.12. The molecule has 0 aliphatic heterocycles. The smallest absolute Gasteiger partial charge is 0.312 e. The van der Waals surface area contributed by atoms with Gasteiger partial charge in [-0.15, -0.1) is 0 Å². The van der Waals surface area contributed by atoms with Crippen LogP contribution in [-0.2, 0) is 11.3 Å². The maximum Gasteiger partial charge on any atom is 0.312 e. The summed E-state index contributed by atoms with van der Waals surface area (Å²) in [5.74, 6) is -0.110. The van der Waals surface area contributed by atoms with Crippen molar-refractivity contribution in [2.45, 2.75) is 26.3 Å². The summed E-state index contributed by atoms with van der Waals surface area (Å²) in [5.41, 5.74) is 8.58. The van der Waals surface area contributed by atoms with E-state index in [1.165, 1.54) is 0 Å². The lowest BCUT2D eigenvalue weighted by molar-refractivity contribution is -0.117. The van der Waals surface area contributed by atoms with Crippen LogP contribution in [0.25, 0.3) is 0 Å². The number of nitrogens with one attached hydrogen (secondary N) is 3. The van der Waals surface area contributed by atoms with Crippen molar-refractivity contribution in [3.63, 3.8) is 0 Å². The summed E-state index contributed by atoms with van der Waals surface area (Å²) in [5, 5.41) is 8.25. The van der Waals surface area contributed by atoms with Crippen molar-refractivity contribution in [3.05, 3.63) is 59.2 Å². The number of benzene rings is 2. The molecule has 0 atom stereocenters. The quantitative estimate of drug-likeness (QED) is 0.630. The molecule has 27 heavy (non-hydrogen) atoms. The molecule has 140 valence electrons. The zero-order valence-electron chi connectivity index (χ0n) is 15.0. The molecule has 1 aliphatic carbocycles. The molecular weight excluding hydrogens is 344 g/mol. The number of hydrogen-bond donors (Lipinski definition) is 4. The molecule has 7 nitrogen and oxygen atoms in total. The monoisotopic (exact) mass is 366 g/mol. The van der Waals surface area contributed by atoms with Gasteiger partial charge in [-0.05, 0) is 55.2 Å². The first-order chi connectivity index (χ1) is 12.9. The Kier molecular flexibility index (Phi) is 5.40. The number of amides is 4. The number of hydrogen-bond acceptors (Lipinski definition) is 3. The standard InChI is InChI=1S/C20H22N4O3/c1-12-2-9-16(23-18(25)15-7-8-15)10-17(12)24-19(26)14-5-3-13(4-6-14)11-22-20(21)27/h2-6,9-10,15H,7-8,11H2,1H3,(H,23,25)(H,24,26)(H3,21,22,27). The molecule has 0 bridgehead atoms. The zero-order valence-corrected chi connectivity index (χ0v) is 15.0. The van der Waals surface area contributed by atoms with E-state index in [9.17, 15) is 14.4 Å². The molecule has 5 N–H and O–H groups in total. The van der Waals surface area contributed by atoms with Gasteiger partial charge in [-0.3, -0.25) is 9.59 Å². The fourth-order valence-electron chi connectivity index (χ4n) is 2.58. The second-order valence-corrected chi connectivity index (χ2v) is 6.66. The van der Waals surface area contributed by atoms with Crippen molar-refractivity contribution in [3.8, 4) is 0 Å². The molecular formula is C20H22N4O3. The van der Waals surface area contributed by atoms with Gasteiger partial charge in [0.1, 0.15) is 0 Å². The predicted octanol–water partition coefficient (Wildman–Crippen LogP) is 2.76. The molecule has 1 aliphatic rings. The maximum absolute atomic E-state index is 12.5. The number of nitrogens with two attached hydrogens (primary N) is 1. The fourth-order valence-corrected chi connectivity index (χ4v) is 2.58. The molecule has 3 rings (SSSR count). The summed E-state index contributed by atoms with van der Waals surface area (Å²) in [7, 11) is 0. The number of urea groups is 1. The Morgan fingerprint density at radius 2 is 1.74 bits per heavy atom. The topological polar surface area (TPSA) is 113 Å². The van der Waals surface area contributed by atoms with Crippen LogP contribution in [0.1, 0.15) is 34.3 Å². The van der Waals surface area contributed by atoms with Gasteiger partial charge >= 0.3 is 6.03 Å². The van der Waals surface area contributed by atoms with Crippen LogP contribution in [0, 0.1) is 12.8 Å². The number of primary amides is 1. The van der Waals surface area contributed by atoms with E-state index in [0.29, 0.717) is 23.5 Å². The predicted molar refractivity (Wildman–Crippen MR) is 103 cm³/mol. The van der Waals surface area contributed by atoms with Gasteiger partial charge in [0.2, 0.25) is 5.91 Å². The highest BCUT2D eigenvalue weighted by Gasteiger charge is 2.29. The SMILES string of the molecule is Cc1ccc(NC(=O)C2CC2)cc1NC(=O)c1ccc(CNC(N)=O)cc1. The van der Waals surface area contributed by atoms with Crippen molar-refractivity contribution in [2.75, 3.05) is 10.6 Å². The van der Waals surface area contributed by atoms with E-state index in [2.05, 4.69) is 16.0 Å². The number of carbonyl (C=O) groups excluding carboxylic acids is 3. The molecule has 2 aromatic carbocycles. The number of rotatable bonds is 6. The van der Waals surface area contributed by atoms with Gasteiger partial charge in [-0.25, -0.2) is 4.79 Å². The summed E-state index contributed by atoms with van der Waals surface area (Å²) in [4.78, 5) is 35.2. The summed E-state index contributed by atoms with van der Waals surface area (Å²) < 4.78 is 0. The number of aryl methyl sites for hydroxylation is 1. The third-order valence-corrected chi connectivity index (χ3v) is 4.38. The fraction of sp³-hybridized carbons (Fsp3) is 0.250. The highest BCUT2D eigenvalue weighted by Crippen LogP contribution is 2.31. The maximum atomic E-state index is 12.5. The van der Waals surface area contributed by atoms with Crippen molar-refractivity contribution >= 4 is 29.2 Å². The summed E-state index contributed by atoms with van der Waals surface area (Å²) in [6.45, 7) is 2.19. The van der Waals surface area contributed by atoms with Crippen LogP contribution in [0.3, 0.4) is 0 Å². The van der Waals surface area contributed by atoms with Gasteiger partial charge in [0.05, 0.1) is 0 Å². The normalized spacial score (nSPS) is 12.9. The molecule has 0 aromatic heterocycles. The van der Waals surface area contributed by atoms with Gasteiger partial charge in [0.15, 0.2) is 0 Å². The van der Waals surface area contributed by atoms with Gasteiger partial charge in [-0.2, -0.15) is 0 Å². The third kappa shape index (κ3) is 5.07. The van der Waals surface area contributed by atoms with E-state index in [0.717, 1.165) is 24.0 Å². The Labute approximate surface area is 157 Å². The Hall–Kier alpha value is -3.35. The molecule has 0 spiro atoms. The molecule has 0 unspecified atom stereocenters. The Morgan fingerprint density at radius 3 is 2.37 bits per heavy atom. The lowest BCUT2D eigenvalue weighted by atomic mass is 10.1. The first kappa shape index (κ1) is 18.4. The van der Waals surface area contributed by atoms with Gasteiger partial charge in [0.25, 0.3) is 5.91 Å². The molecule has 7 heteroatoms. The molecule has 1 fully saturated rings. The van der Waals surface area contributed by atoms with Crippen molar-refractivity contribution in [1.29, 1.82) is 0 Å². The van der Waals surface area contributed by atoms with E-state index in [1.54, 1.807) is 30.3 Å². The molecule has 2 aromatic rings. The minimum atomic E-state index is -0.596. The zero-order chi connectivity index (χ0) is 19.4. The molecule has 0 saturated heterocycles. The van der Waals surface area contributed by atoms with Crippen molar-refractivity contribution < 1.29 is 14.4 Å². The molecule has 0 radical (unpaired) electrons. The Morgan fingerprint density at radius 1 is 1.04 bits per heavy atom. The second kappa shape index (κ2) is 7.90. The molecule has 1 saturated carbocycles. The summed E-state index contributed by atoms with van der Waals surface area (Å²) >= 11 is 0. The van der Waals surface area contributed by atoms with Crippen LogP contribution >= 0.6 is 0 Å². The van der Waals surface area contributed by atoms with Crippen molar-refractivity contribution in [1.82, 2.24) is 5.32 Å². The van der Waals surface area contributed by atoms with Crippen LogP contribution in [0.5, 0.6) is 0 Å². The van der Waals surface area contributed by atoms with E-state index in [-0.39, 0.29) is 17.7 Å². The molecule has 0 heterocycles. The van der Waals surface area contributed by atoms with Crippen LogP contribution in [-0.4, -0.2) is 17.8 Å². The Balaban J connectivity index is 1.65. The Bertz CT molecular complexity index is 873. The van der Waals surface area contributed by atoms with E-state index >= 15 is 0 Å². The van der Waals surface area contributed by atoms with Gasteiger partial charge in [-0.1, -0.05) is 18.2 Å². The van der Waals surface area contributed by atoms with Crippen LogP contribution < -0.4 is 21.7 Å². The van der Waals surface area contributed by atoms with Gasteiger partial charge in [0, 0.05) is 29.4 Å². The first-order valence-electron chi connectivity index (χ1n) is 8.77. The number of carbonyl (C=O) groups is 3. The van der Waals surface area contributed by atoms with Crippen LogP contribution in [0.4, 0.5) is 16.2 Å². The first-order valence-corrected chi connectivity index (χ1v) is 8.77. The van der Waals surface area contributed by atoms with Crippen molar-refractivity contribution in [2.24, 2.45) is 11.7 Å². The minimum absolute atomic E-state index is 0.0243. The average molecular weight is 366 g/mol. The van der Waals surface area contributed by atoms with Gasteiger partial charge < -0.3 is 21.7 Å². The van der Waals surface area contributed by atoms with Crippen LogP contribution in [0.2, 0.25) is 0 Å². The lowest BCUT2D eigenvalue weighted by Crippen LogP contribution is -2.28. The highest BCUT2D eigenvalue weighted by atomic mass is 16.2. The average Bonchev–Trinajstić information content (AvgIpc) is 3.48. The highest BCUT2D eigenvalue weighted by molar-refractivity contribution is 6.05. The van der Waals surface area contributed by atoms with E-state index in [4.69, 9.17) is 5.73 Å². The van der Waals surface area contributed by atoms with E-state index < -0.39 is 6.03 Å². The van der Waals surface area contributed by atoms with Crippen LogP contribution in [0.15, 0.2) is 42.5 Å². The van der Waals surface area contributed by atoms with E-state index in [1.807, 2.05) is 19.1 Å². The second-order valence-electron chi connectivity index (χ2n) is 6.66.